The quantitative estimate of drug-likeness (QED) is 0.668. The van der Waals surface area contributed by atoms with Gasteiger partial charge in [0.1, 0.15) is 11.9 Å². The molecular weight excluding hydrogens is 389 g/mol. The molecule has 1 saturated heterocycles. The molecule has 0 unspecified atom stereocenters. The molecule has 0 saturated carbocycles. The summed E-state index contributed by atoms with van der Waals surface area (Å²) < 4.78 is 14.1. The molecule has 0 bridgehead atoms. The number of para-hydroxylation sites is 1. The average molecular weight is 419 g/mol. The molecular formula is C26H29FN3O+. The maximum Gasteiger partial charge on any atom is 0.277 e. The summed E-state index contributed by atoms with van der Waals surface area (Å²) in [6, 6.07) is 25.7. The Balaban J connectivity index is 1.38. The zero-order valence-corrected chi connectivity index (χ0v) is 17.9. The van der Waals surface area contributed by atoms with Gasteiger partial charge in [-0.1, -0.05) is 72.3 Å². The van der Waals surface area contributed by atoms with Gasteiger partial charge >= 0.3 is 0 Å². The Bertz CT molecular complexity index is 999. The summed E-state index contributed by atoms with van der Waals surface area (Å²) in [6.07, 6.45) is 0. The molecule has 1 heterocycles. The van der Waals surface area contributed by atoms with Crippen LogP contribution >= 0.6 is 0 Å². The third-order valence-corrected chi connectivity index (χ3v) is 5.95. The van der Waals surface area contributed by atoms with Crippen LogP contribution in [0.25, 0.3) is 0 Å². The molecule has 160 valence electrons. The zero-order valence-electron chi connectivity index (χ0n) is 17.9. The summed E-state index contributed by atoms with van der Waals surface area (Å²) >= 11 is 0. The number of piperazine rings is 1. The summed E-state index contributed by atoms with van der Waals surface area (Å²) in [5.74, 6) is -0.0827. The lowest BCUT2D eigenvalue weighted by molar-refractivity contribution is -0.677. The molecule has 0 aliphatic carbocycles. The first-order valence-corrected chi connectivity index (χ1v) is 10.8. The van der Waals surface area contributed by atoms with E-state index in [0.29, 0.717) is 38.4 Å². The summed E-state index contributed by atoms with van der Waals surface area (Å²) in [6.45, 7) is 4.98. The minimum atomic E-state index is -0.209. The van der Waals surface area contributed by atoms with E-state index in [4.69, 9.17) is 0 Å². The Morgan fingerprint density at radius 1 is 0.871 bits per heavy atom. The fourth-order valence-electron chi connectivity index (χ4n) is 4.15. The van der Waals surface area contributed by atoms with Gasteiger partial charge in [0.25, 0.3) is 5.91 Å². The number of hydrogen-bond acceptors (Lipinski definition) is 2. The predicted molar refractivity (Wildman–Crippen MR) is 121 cm³/mol. The van der Waals surface area contributed by atoms with E-state index >= 15 is 0 Å². The minimum absolute atomic E-state index is 0.0745. The number of amides is 1. The Labute approximate surface area is 183 Å². The first-order chi connectivity index (χ1) is 15.1. The molecule has 3 aromatic rings. The van der Waals surface area contributed by atoms with Gasteiger partial charge in [-0.15, -0.1) is 0 Å². The molecule has 4 rings (SSSR count). The average Bonchev–Trinajstić information content (AvgIpc) is 2.81. The van der Waals surface area contributed by atoms with Crippen molar-refractivity contribution in [3.05, 3.63) is 101 Å². The molecule has 4 nitrogen and oxygen atoms in total. The molecule has 2 N–H and O–H groups in total. The Morgan fingerprint density at radius 2 is 1.48 bits per heavy atom. The van der Waals surface area contributed by atoms with Gasteiger partial charge in [0.05, 0.1) is 5.69 Å². The SMILES string of the molecule is Cc1ccc([C@@H]([NH2+]CC(=O)N2CCN(c3ccccc3F)CC2)c2ccccc2)cc1. The standard InChI is InChI=1S/C26H28FN3O/c1-20-11-13-22(14-12-20)26(21-7-3-2-4-8-21)28-19-25(31)30-17-15-29(16-18-30)24-10-6-5-9-23(24)27/h2-14,26,28H,15-19H2,1H3/p+1/t26-/m0/s1. The second-order valence-corrected chi connectivity index (χ2v) is 8.06. The van der Waals surface area contributed by atoms with E-state index in [1.165, 1.54) is 22.8 Å². The summed E-state index contributed by atoms with van der Waals surface area (Å²) in [7, 11) is 0. The van der Waals surface area contributed by atoms with Gasteiger partial charge in [0.15, 0.2) is 6.54 Å². The predicted octanol–water partition coefficient (Wildman–Crippen LogP) is 3.14. The van der Waals surface area contributed by atoms with Gasteiger partial charge < -0.3 is 15.1 Å². The van der Waals surface area contributed by atoms with Gasteiger partial charge in [-0.05, 0) is 19.1 Å². The van der Waals surface area contributed by atoms with E-state index in [9.17, 15) is 9.18 Å². The van der Waals surface area contributed by atoms with Crippen molar-refractivity contribution in [2.24, 2.45) is 0 Å². The highest BCUT2D eigenvalue weighted by atomic mass is 19.1. The molecule has 1 aliphatic rings. The van der Waals surface area contributed by atoms with E-state index in [1.54, 1.807) is 12.1 Å². The number of benzene rings is 3. The van der Waals surface area contributed by atoms with Crippen molar-refractivity contribution >= 4 is 11.6 Å². The molecule has 0 radical (unpaired) electrons. The van der Waals surface area contributed by atoms with E-state index in [0.717, 1.165) is 0 Å². The van der Waals surface area contributed by atoms with Crippen LogP contribution in [0.1, 0.15) is 22.7 Å². The minimum Gasteiger partial charge on any atom is -0.366 e. The van der Waals surface area contributed by atoms with E-state index < -0.39 is 0 Å². The number of carbonyl (C=O) groups is 1. The first kappa shape index (κ1) is 21.1. The number of aryl methyl sites for hydroxylation is 1. The van der Waals surface area contributed by atoms with Gasteiger partial charge in [-0.25, -0.2) is 4.39 Å². The van der Waals surface area contributed by atoms with Crippen LogP contribution in [0, 0.1) is 12.7 Å². The Kier molecular flexibility index (Phi) is 6.63. The Hall–Kier alpha value is -3.18. The highest BCUT2D eigenvalue weighted by Crippen LogP contribution is 2.21. The highest BCUT2D eigenvalue weighted by Gasteiger charge is 2.25. The smallest absolute Gasteiger partial charge is 0.277 e. The van der Waals surface area contributed by atoms with Crippen LogP contribution in [0.15, 0.2) is 78.9 Å². The zero-order chi connectivity index (χ0) is 21.6. The van der Waals surface area contributed by atoms with Crippen LogP contribution in [-0.4, -0.2) is 43.5 Å². The summed E-state index contributed by atoms with van der Waals surface area (Å²) in [5, 5.41) is 2.12. The second-order valence-electron chi connectivity index (χ2n) is 8.06. The molecule has 5 heteroatoms. The molecule has 1 atom stereocenters. The number of carbonyl (C=O) groups excluding carboxylic acids is 1. The van der Waals surface area contributed by atoms with Gasteiger partial charge in [0.2, 0.25) is 0 Å². The van der Waals surface area contributed by atoms with Crippen molar-refractivity contribution in [3.8, 4) is 0 Å². The molecule has 3 aromatic carbocycles. The highest BCUT2D eigenvalue weighted by molar-refractivity contribution is 5.77. The van der Waals surface area contributed by atoms with Gasteiger partial charge in [-0.2, -0.15) is 0 Å². The largest absolute Gasteiger partial charge is 0.366 e. The van der Waals surface area contributed by atoms with E-state index in [2.05, 4.69) is 48.6 Å². The maximum atomic E-state index is 14.1. The second kappa shape index (κ2) is 9.75. The Morgan fingerprint density at radius 3 is 2.16 bits per heavy atom. The number of quaternary nitrogens is 1. The fraction of sp³-hybridized carbons (Fsp3) is 0.269. The van der Waals surface area contributed by atoms with E-state index in [1.807, 2.05) is 34.1 Å². The van der Waals surface area contributed by atoms with Crippen molar-refractivity contribution in [3.63, 3.8) is 0 Å². The fourth-order valence-corrected chi connectivity index (χ4v) is 4.15. The lowest BCUT2D eigenvalue weighted by Crippen LogP contribution is -2.88. The maximum absolute atomic E-state index is 14.1. The number of rotatable bonds is 6. The number of nitrogens with two attached hydrogens (primary N) is 1. The number of halogens is 1. The van der Waals surface area contributed by atoms with Crippen molar-refractivity contribution in [2.45, 2.75) is 13.0 Å². The normalized spacial score (nSPS) is 15.0. The van der Waals surface area contributed by atoms with Crippen LogP contribution in [0.5, 0.6) is 0 Å². The third-order valence-electron chi connectivity index (χ3n) is 5.95. The van der Waals surface area contributed by atoms with Crippen molar-refractivity contribution in [1.29, 1.82) is 0 Å². The molecule has 1 fully saturated rings. The lowest BCUT2D eigenvalue weighted by atomic mass is 9.98. The van der Waals surface area contributed by atoms with Crippen molar-refractivity contribution < 1.29 is 14.5 Å². The van der Waals surface area contributed by atoms with Crippen molar-refractivity contribution in [2.75, 3.05) is 37.6 Å². The van der Waals surface area contributed by atoms with Gasteiger partial charge in [-0.3, -0.25) is 4.79 Å². The molecule has 31 heavy (non-hydrogen) atoms. The molecule has 0 spiro atoms. The summed E-state index contributed by atoms with van der Waals surface area (Å²) in [5.41, 5.74) is 4.21. The lowest BCUT2D eigenvalue weighted by Gasteiger charge is -2.36. The molecule has 1 aliphatic heterocycles. The monoisotopic (exact) mass is 418 g/mol. The summed E-state index contributed by atoms with van der Waals surface area (Å²) in [4.78, 5) is 16.8. The van der Waals surface area contributed by atoms with Crippen LogP contribution in [0.2, 0.25) is 0 Å². The van der Waals surface area contributed by atoms with E-state index in [-0.39, 0.29) is 17.8 Å². The number of nitrogens with zero attached hydrogens (tertiary/aromatic N) is 2. The first-order valence-electron chi connectivity index (χ1n) is 10.8. The van der Waals surface area contributed by atoms with Crippen molar-refractivity contribution in [1.82, 2.24) is 4.90 Å². The topological polar surface area (TPSA) is 40.2 Å². The number of anilines is 1. The van der Waals surface area contributed by atoms with Gasteiger partial charge in [0, 0.05) is 37.3 Å². The van der Waals surface area contributed by atoms with Crippen LogP contribution in [-0.2, 0) is 4.79 Å². The van der Waals surface area contributed by atoms with Crippen LogP contribution < -0.4 is 10.2 Å². The molecule has 1 amide bonds. The third kappa shape index (κ3) is 5.12. The van der Waals surface area contributed by atoms with Crippen LogP contribution in [0.4, 0.5) is 10.1 Å². The van der Waals surface area contributed by atoms with Crippen LogP contribution in [0.3, 0.4) is 0 Å². The number of hydrogen-bond donors (Lipinski definition) is 1. The molecule has 0 aromatic heterocycles.